The zero-order valence-corrected chi connectivity index (χ0v) is 7.70. The monoisotopic (exact) mass is 177 g/mol. The lowest BCUT2D eigenvalue weighted by molar-refractivity contribution is -0.332. The summed E-state index contributed by atoms with van der Waals surface area (Å²) in [6.07, 6.45) is -0.624. The smallest absolute Gasteiger partial charge is 0.447 e. The van der Waals surface area contributed by atoms with Crippen LogP contribution in [0.2, 0.25) is 0 Å². The van der Waals surface area contributed by atoms with Gasteiger partial charge in [0.05, 0.1) is 19.8 Å². The number of nitrogens with zero attached hydrogens (tertiary/aromatic N) is 1. The number of rotatable bonds is 5. The van der Waals surface area contributed by atoms with Crippen molar-refractivity contribution < 1.29 is 19.2 Å². The summed E-state index contributed by atoms with van der Waals surface area (Å²) in [5.41, 5.74) is 0. The minimum absolute atomic E-state index is 0.301. The Kier molecular flexibility index (Phi) is 6.41. The third-order valence-electron chi connectivity index (χ3n) is 0.910. The third kappa shape index (κ3) is 4.15. The molecule has 0 fully saturated rings. The SMILES string of the molecule is CCOC(=O)N(OCC)OCC. The molecule has 72 valence electrons. The minimum atomic E-state index is -0.624. The maximum absolute atomic E-state index is 11.0. The van der Waals surface area contributed by atoms with Gasteiger partial charge >= 0.3 is 6.09 Å². The first-order valence-electron chi connectivity index (χ1n) is 3.98. The Hall–Kier alpha value is -0.810. The first kappa shape index (κ1) is 11.2. The van der Waals surface area contributed by atoms with E-state index in [0.717, 1.165) is 5.23 Å². The van der Waals surface area contributed by atoms with E-state index in [4.69, 9.17) is 9.68 Å². The van der Waals surface area contributed by atoms with Crippen LogP contribution in [-0.2, 0) is 14.4 Å². The van der Waals surface area contributed by atoms with Gasteiger partial charge in [-0.1, -0.05) is 0 Å². The van der Waals surface area contributed by atoms with Crippen molar-refractivity contribution in [3.8, 4) is 0 Å². The van der Waals surface area contributed by atoms with Gasteiger partial charge in [0.2, 0.25) is 0 Å². The molecule has 0 rings (SSSR count). The summed E-state index contributed by atoms with van der Waals surface area (Å²) in [6.45, 7) is 6.25. The Bertz CT molecular complexity index is 123. The third-order valence-corrected chi connectivity index (χ3v) is 0.910. The number of hydrogen-bond donors (Lipinski definition) is 0. The van der Waals surface area contributed by atoms with Crippen LogP contribution in [0.25, 0.3) is 0 Å². The summed E-state index contributed by atoms with van der Waals surface area (Å²) in [6, 6.07) is 0. The van der Waals surface area contributed by atoms with E-state index in [1.165, 1.54) is 0 Å². The van der Waals surface area contributed by atoms with E-state index in [9.17, 15) is 4.79 Å². The number of hydroxylamine groups is 2. The molecule has 0 aliphatic heterocycles. The molecular formula is C7H15NO4. The van der Waals surface area contributed by atoms with Crippen LogP contribution in [0.15, 0.2) is 0 Å². The molecule has 0 aromatic carbocycles. The lowest BCUT2D eigenvalue weighted by Gasteiger charge is -2.17. The molecule has 5 nitrogen and oxygen atoms in total. The largest absolute Gasteiger partial charge is 0.459 e. The first-order chi connectivity index (χ1) is 5.76. The minimum Gasteiger partial charge on any atom is -0.447 e. The molecule has 0 bridgehead atoms. The van der Waals surface area contributed by atoms with Crippen molar-refractivity contribution in [2.45, 2.75) is 20.8 Å². The van der Waals surface area contributed by atoms with Crippen molar-refractivity contribution in [3.05, 3.63) is 0 Å². The summed E-state index contributed by atoms with van der Waals surface area (Å²) in [7, 11) is 0. The number of amides is 1. The Morgan fingerprint density at radius 2 is 1.58 bits per heavy atom. The number of carbonyl (C=O) groups is 1. The molecule has 12 heavy (non-hydrogen) atoms. The second-order valence-corrected chi connectivity index (χ2v) is 1.79. The van der Waals surface area contributed by atoms with Gasteiger partial charge in [0.25, 0.3) is 0 Å². The van der Waals surface area contributed by atoms with E-state index in [-0.39, 0.29) is 0 Å². The fourth-order valence-electron chi connectivity index (χ4n) is 0.553. The van der Waals surface area contributed by atoms with Crippen molar-refractivity contribution >= 4 is 6.09 Å². The van der Waals surface area contributed by atoms with Crippen LogP contribution in [0.3, 0.4) is 0 Å². The number of carbonyl (C=O) groups excluding carboxylic acids is 1. The van der Waals surface area contributed by atoms with Crippen LogP contribution in [0.1, 0.15) is 20.8 Å². The highest BCUT2D eigenvalue weighted by Crippen LogP contribution is 1.96. The summed E-state index contributed by atoms with van der Waals surface area (Å²) in [5.74, 6) is 0. The zero-order chi connectivity index (χ0) is 9.40. The molecular weight excluding hydrogens is 162 g/mol. The molecule has 0 aromatic heterocycles. The van der Waals surface area contributed by atoms with Crippen molar-refractivity contribution in [2.24, 2.45) is 0 Å². The summed E-state index contributed by atoms with van der Waals surface area (Å²) < 4.78 is 4.65. The summed E-state index contributed by atoms with van der Waals surface area (Å²) in [4.78, 5) is 20.6. The molecule has 0 aromatic rings. The number of hydrogen-bond acceptors (Lipinski definition) is 4. The van der Waals surface area contributed by atoms with Crippen molar-refractivity contribution in [3.63, 3.8) is 0 Å². The van der Waals surface area contributed by atoms with Gasteiger partial charge in [0.15, 0.2) is 0 Å². The summed E-state index contributed by atoms with van der Waals surface area (Å²) in [5, 5.41) is 0.753. The Labute approximate surface area is 72.1 Å². The van der Waals surface area contributed by atoms with E-state index < -0.39 is 6.09 Å². The van der Waals surface area contributed by atoms with Crippen LogP contribution in [0, 0.1) is 0 Å². The van der Waals surface area contributed by atoms with Gasteiger partial charge in [0.1, 0.15) is 0 Å². The molecule has 5 heteroatoms. The van der Waals surface area contributed by atoms with Gasteiger partial charge in [-0.05, 0) is 26.0 Å². The van der Waals surface area contributed by atoms with Gasteiger partial charge in [-0.2, -0.15) is 0 Å². The van der Waals surface area contributed by atoms with E-state index in [1.54, 1.807) is 20.8 Å². The van der Waals surface area contributed by atoms with E-state index in [0.29, 0.717) is 19.8 Å². The van der Waals surface area contributed by atoms with Gasteiger partial charge in [-0.3, -0.25) is 0 Å². The molecule has 0 saturated heterocycles. The Balaban J connectivity index is 3.81. The van der Waals surface area contributed by atoms with Crippen LogP contribution in [0.4, 0.5) is 4.79 Å². The summed E-state index contributed by atoms with van der Waals surface area (Å²) >= 11 is 0. The lowest BCUT2D eigenvalue weighted by atomic mass is 10.9. The first-order valence-corrected chi connectivity index (χ1v) is 3.98. The Morgan fingerprint density at radius 3 is 1.92 bits per heavy atom. The standard InChI is InChI=1S/C7H15NO4/c1-4-10-7(9)8(11-5-2)12-6-3/h4-6H2,1-3H3. The van der Waals surface area contributed by atoms with Crippen molar-refractivity contribution in [1.82, 2.24) is 5.23 Å². The predicted molar refractivity (Wildman–Crippen MR) is 42.1 cm³/mol. The van der Waals surface area contributed by atoms with Crippen LogP contribution in [0.5, 0.6) is 0 Å². The highest BCUT2D eigenvalue weighted by atomic mass is 17.0. The average Bonchev–Trinajstić information content (AvgIpc) is 2.04. The molecule has 0 aliphatic carbocycles. The molecule has 0 saturated carbocycles. The molecule has 0 spiro atoms. The van der Waals surface area contributed by atoms with Gasteiger partial charge in [-0.25, -0.2) is 14.5 Å². The van der Waals surface area contributed by atoms with Crippen LogP contribution >= 0.6 is 0 Å². The van der Waals surface area contributed by atoms with Crippen LogP contribution in [-0.4, -0.2) is 31.1 Å². The highest BCUT2D eigenvalue weighted by Gasteiger charge is 2.14. The highest BCUT2D eigenvalue weighted by molar-refractivity contribution is 5.64. The predicted octanol–water partition coefficient (Wildman–Crippen LogP) is 1.35. The van der Waals surface area contributed by atoms with Gasteiger partial charge in [-0.15, -0.1) is 0 Å². The van der Waals surface area contributed by atoms with E-state index in [1.807, 2.05) is 0 Å². The maximum atomic E-state index is 11.0. The molecule has 0 heterocycles. The molecule has 0 radical (unpaired) electrons. The molecule has 0 atom stereocenters. The fourth-order valence-corrected chi connectivity index (χ4v) is 0.553. The van der Waals surface area contributed by atoms with Gasteiger partial charge in [0, 0.05) is 0 Å². The van der Waals surface area contributed by atoms with E-state index in [2.05, 4.69) is 4.74 Å². The normalized spacial score (nSPS) is 9.58. The quantitative estimate of drug-likeness (QED) is 0.595. The van der Waals surface area contributed by atoms with Crippen molar-refractivity contribution in [1.29, 1.82) is 0 Å². The molecule has 0 unspecified atom stereocenters. The second kappa shape index (κ2) is 6.87. The molecule has 0 N–H and O–H groups in total. The van der Waals surface area contributed by atoms with Gasteiger partial charge < -0.3 is 4.74 Å². The van der Waals surface area contributed by atoms with Crippen molar-refractivity contribution in [2.75, 3.05) is 19.8 Å². The molecule has 0 aliphatic rings. The van der Waals surface area contributed by atoms with Crippen LogP contribution < -0.4 is 0 Å². The molecule has 1 amide bonds. The second-order valence-electron chi connectivity index (χ2n) is 1.79. The van der Waals surface area contributed by atoms with E-state index >= 15 is 0 Å². The zero-order valence-electron chi connectivity index (χ0n) is 7.70. The number of ether oxygens (including phenoxy) is 1. The Morgan fingerprint density at radius 1 is 1.08 bits per heavy atom. The lowest BCUT2D eigenvalue weighted by Crippen LogP contribution is -2.32. The average molecular weight is 177 g/mol. The maximum Gasteiger partial charge on any atom is 0.459 e. The topological polar surface area (TPSA) is 48.0 Å². The fraction of sp³-hybridized carbons (Fsp3) is 0.857.